The molecule has 0 spiro atoms. The Morgan fingerprint density at radius 1 is 1.09 bits per heavy atom. The summed E-state index contributed by atoms with van der Waals surface area (Å²) in [7, 11) is 1.17. The van der Waals surface area contributed by atoms with E-state index in [0.717, 1.165) is 16.7 Å². The first-order valence-electron chi connectivity index (χ1n) is 10.5. The zero-order valence-corrected chi connectivity index (χ0v) is 18.8. The van der Waals surface area contributed by atoms with E-state index in [1.54, 1.807) is 23.1 Å². The third kappa shape index (κ3) is 3.92. The number of hydrogen-bond donors (Lipinski definition) is 1. The first kappa shape index (κ1) is 22.8. The molecule has 0 saturated carbocycles. The van der Waals surface area contributed by atoms with Gasteiger partial charge in [-0.3, -0.25) is 19.3 Å². The molecule has 0 atom stereocenters. The molecule has 4 rings (SSSR count). The van der Waals surface area contributed by atoms with Crippen molar-refractivity contribution >= 4 is 29.4 Å². The van der Waals surface area contributed by atoms with Gasteiger partial charge in [-0.05, 0) is 34.9 Å². The number of rotatable bonds is 5. The van der Waals surface area contributed by atoms with Gasteiger partial charge in [0.15, 0.2) is 0 Å². The minimum atomic E-state index is -0.796. The summed E-state index contributed by atoms with van der Waals surface area (Å²) in [5.41, 5.74) is 3.03. The number of benzene rings is 2. The smallest absolute Gasteiger partial charge is 0.353 e. The first-order chi connectivity index (χ1) is 16.2. The molecule has 2 aromatic rings. The number of carbonyl (C=O) groups excluding carboxylic acids is 4. The van der Waals surface area contributed by atoms with Crippen LogP contribution in [0.3, 0.4) is 0 Å². The lowest BCUT2D eigenvalue weighted by Crippen LogP contribution is -2.36. The van der Waals surface area contributed by atoms with Gasteiger partial charge in [0.1, 0.15) is 23.8 Å². The third-order valence-electron chi connectivity index (χ3n) is 5.77. The number of anilines is 1. The monoisotopic (exact) mass is 461 g/mol. The van der Waals surface area contributed by atoms with Crippen LogP contribution in [-0.2, 0) is 25.7 Å². The number of carbonyl (C=O) groups is 4. The average Bonchev–Trinajstić information content (AvgIpc) is 3.18. The molecule has 0 fully saturated rings. The minimum absolute atomic E-state index is 0.0859. The fourth-order valence-electron chi connectivity index (χ4n) is 4.04. The molecule has 9 nitrogen and oxygen atoms in total. The van der Waals surface area contributed by atoms with E-state index in [4.69, 9.17) is 4.74 Å². The molecule has 0 aliphatic carbocycles. The minimum Gasteiger partial charge on any atom is -0.490 e. The SMILES string of the molecule is C=C(NC(=O)C(=C)N1Cc2c(cccc2-c2ccc3c(c2)N(C(C)=O)CCO3)C1=O)C(=O)OC. The van der Waals surface area contributed by atoms with Gasteiger partial charge >= 0.3 is 5.97 Å². The summed E-state index contributed by atoms with van der Waals surface area (Å²) < 4.78 is 10.2. The van der Waals surface area contributed by atoms with E-state index < -0.39 is 11.9 Å². The number of amides is 3. The predicted octanol–water partition coefficient (Wildman–Crippen LogP) is 2.37. The Balaban J connectivity index is 1.64. The maximum Gasteiger partial charge on any atom is 0.353 e. The molecule has 2 aliphatic rings. The molecule has 2 heterocycles. The van der Waals surface area contributed by atoms with E-state index in [2.05, 4.69) is 23.2 Å². The van der Waals surface area contributed by atoms with Crippen LogP contribution < -0.4 is 15.0 Å². The van der Waals surface area contributed by atoms with Crippen molar-refractivity contribution in [3.8, 4) is 16.9 Å². The largest absolute Gasteiger partial charge is 0.490 e. The normalized spacial score (nSPS) is 14.0. The fourth-order valence-corrected chi connectivity index (χ4v) is 4.04. The first-order valence-corrected chi connectivity index (χ1v) is 10.5. The van der Waals surface area contributed by atoms with Gasteiger partial charge < -0.3 is 19.7 Å². The summed E-state index contributed by atoms with van der Waals surface area (Å²) in [5, 5.41) is 2.30. The Labute approximate surface area is 196 Å². The van der Waals surface area contributed by atoms with Gasteiger partial charge in [-0.2, -0.15) is 0 Å². The third-order valence-corrected chi connectivity index (χ3v) is 5.77. The molecule has 2 aromatic carbocycles. The number of ether oxygens (including phenoxy) is 2. The summed E-state index contributed by atoms with van der Waals surface area (Å²) in [6.45, 7) is 9.68. The number of fused-ring (bicyclic) bond motifs is 2. The van der Waals surface area contributed by atoms with Crippen molar-refractivity contribution in [2.75, 3.05) is 25.2 Å². The maximum absolute atomic E-state index is 13.1. The van der Waals surface area contributed by atoms with Gasteiger partial charge in [0.2, 0.25) is 5.91 Å². The number of methoxy groups -OCH3 is 1. The van der Waals surface area contributed by atoms with Gasteiger partial charge in [-0.15, -0.1) is 0 Å². The highest BCUT2D eigenvalue weighted by Gasteiger charge is 2.34. The number of esters is 1. The van der Waals surface area contributed by atoms with Gasteiger partial charge in [-0.25, -0.2) is 4.79 Å². The lowest BCUT2D eigenvalue weighted by molar-refractivity contribution is -0.137. The number of nitrogens with one attached hydrogen (secondary N) is 1. The van der Waals surface area contributed by atoms with E-state index >= 15 is 0 Å². The second-order valence-electron chi connectivity index (χ2n) is 7.80. The highest BCUT2D eigenvalue weighted by molar-refractivity contribution is 6.08. The fraction of sp³-hybridized carbons (Fsp3) is 0.200. The Morgan fingerprint density at radius 3 is 2.53 bits per heavy atom. The molecular formula is C25H23N3O6. The topological polar surface area (TPSA) is 105 Å². The second kappa shape index (κ2) is 8.86. The maximum atomic E-state index is 13.1. The van der Waals surface area contributed by atoms with Gasteiger partial charge in [0, 0.05) is 12.5 Å². The van der Waals surface area contributed by atoms with Crippen LogP contribution in [0.15, 0.2) is 61.0 Å². The molecule has 3 amide bonds. The summed E-state index contributed by atoms with van der Waals surface area (Å²) in [6, 6.07) is 10.9. The van der Waals surface area contributed by atoms with Crippen LogP contribution in [0, 0.1) is 0 Å². The van der Waals surface area contributed by atoms with E-state index in [0.29, 0.717) is 30.2 Å². The Kier molecular flexibility index (Phi) is 5.93. The van der Waals surface area contributed by atoms with Crippen molar-refractivity contribution in [1.82, 2.24) is 10.2 Å². The van der Waals surface area contributed by atoms with Crippen molar-refractivity contribution in [3.63, 3.8) is 0 Å². The van der Waals surface area contributed by atoms with Crippen molar-refractivity contribution in [1.29, 1.82) is 0 Å². The Bertz CT molecular complexity index is 1270. The quantitative estimate of drug-likeness (QED) is 0.542. The summed E-state index contributed by atoms with van der Waals surface area (Å²) in [4.78, 5) is 52.1. The molecule has 0 saturated heterocycles. The van der Waals surface area contributed by atoms with Gasteiger partial charge in [0.25, 0.3) is 11.8 Å². The Hall–Kier alpha value is -4.40. The number of hydrogen-bond acceptors (Lipinski definition) is 6. The van der Waals surface area contributed by atoms with E-state index in [1.807, 2.05) is 18.2 Å². The summed E-state index contributed by atoms with van der Waals surface area (Å²) in [6.07, 6.45) is 0. The molecule has 0 aromatic heterocycles. The van der Waals surface area contributed by atoms with Crippen molar-refractivity contribution in [2.45, 2.75) is 13.5 Å². The van der Waals surface area contributed by atoms with Crippen LogP contribution in [-0.4, -0.2) is 48.9 Å². The van der Waals surface area contributed by atoms with Crippen molar-refractivity contribution in [3.05, 3.63) is 72.1 Å². The van der Waals surface area contributed by atoms with Gasteiger partial charge in [-0.1, -0.05) is 31.4 Å². The van der Waals surface area contributed by atoms with E-state index in [-0.39, 0.29) is 29.8 Å². The highest BCUT2D eigenvalue weighted by atomic mass is 16.5. The number of nitrogens with zero attached hydrogens (tertiary/aromatic N) is 2. The van der Waals surface area contributed by atoms with Crippen LogP contribution in [0.2, 0.25) is 0 Å². The lowest BCUT2D eigenvalue weighted by atomic mass is 9.96. The summed E-state index contributed by atoms with van der Waals surface area (Å²) >= 11 is 0. The zero-order chi connectivity index (χ0) is 24.6. The molecule has 0 unspecified atom stereocenters. The van der Waals surface area contributed by atoms with Crippen LogP contribution in [0.25, 0.3) is 11.1 Å². The molecule has 34 heavy (non-hydrogen) atoms. The van der Waals surface area contributed by atoms with Crippen molar-refractivity contribution in [2.24, 2.45) is 0 Å². The molecule has 174 valence electrons. The molecule has 0 radical (unpaired) electrons. The molecular weight excluding hydrogens is 438 g/mol. The van der Waals surface area contributed by atoms with Crippen LogP contribution >= 0.6 is 0 Å². The molecule has 9 heteroatoms. The Morgan fingerprint density at radius 2 is 1.82 bits per heavy atom. The second-order valence-corrected chi connectivity index (χ2v) is 7.80. The molecule has 0 bridgehead atoms. The van der Waals surface area contributed by atoms with Crippen LogP contribution in [0.4, 0.5) is 5.69 Å². The predicted molar refractivity (Wildman–Crippen MR) is 124 cm³/mol. The average molecular weight is 461 g/mol. The van der Waals surface area contributed by atoms with Gasteiger partial charge in [0.05, 0.1) is 25.9 Å². The molecule has 1 N–H and O–H groups in total. The highest BCUT2D eigenvalue weighted by Crippen LogP contribution is 2.39. The lowest BCUT2D eigenvalue weighted by Gasteiger charge is -2.29. The summed E-state index contributed by atoms with van der Waals surface area (Å²) in [5.74, 6) is -1.38. The zero-order valence-electron chi connectivity index (χ0n) is 18.8. The van der Waals surface area contributed by atoms with Crippen LogP contribution in [0.5, 0.6) is 5.75 Å². The van der Waals surface area contributed by atoms with Crippen LogP contribution in [0.1, 0.15) is 22.8 Å². The molecule has 2 aliphatic heterocycles. The van der Waals surface area contributed by atoms with E-state index in [1.165, 1.54) is 18.9 Å². The van der Waals surface area contributed by atoms with Crippen molar-refractivity contribution < 1.29 is 28.7 Å². The standard InChI is InChI=1S/C25H23N3O6/c1-14(25(32)33-4)26-23(30)15(2)28-13-20-18(6-5-7-19(20)24(28)31)17-8-9-22-21(12-17)27(16(3)29)10-11-34-22/h5-9,12H,1-2,10-11,13H2,3-4H3,(H,26,30). The van der Waals surface area contributed by atoms with E-state index in [9.17, 15) is 19.2 Å².